The van der Waals surface area contributed by atoms with Gasteiger partial charge in [-0.05, 0) is 124 Å². The van der Waals surface area contributed by atoms with Crippen LogP contribution in [0.1, 0.15) is 26.3 Å². The van der Waals surface area contributed by atoms with Crippen LogP contribution >= 0.6 is 0 Å². The van der Waals surface area contributed by atoms with Crippen molar-refractivity contribution in [1.29, 1.82) is 0 Å². The molecule has 0 unspecified atom stereocenters. The molecule has 18 rings (SSSR count). The van der Waals surface area contributed by atoms with Crippen molar-refractivity contribution in [3.63, 3.8) is 0 Å². The minimum Gasteiger partial charge on any atom is -0.455 e. The number of anilines is 6. The maximum Gasteiger partial charge on any atom is 0.252 e. The Morgan fingerprint density at radius 2 is 0.681 bits per heavy atom. The van der Waals surface area contributed by atoms with E-state index in [2.05, 4.69) is 358 Å². The van der Waals surface area contributed by atoms with E-state index in [1.165, 1.54) is 65.8 Å². The third kappa shape index (κ3) is 8.81. The van der Waals surface area contributed by atoms with Crippen LogP contribution in [0.5, 0.6) is 0 Å². The Kier molecular flexibility index (Phi) is 12.9. The number of hydrogen-bond donors (Lipinski definition) is 0. The second kappa shape index (κ2) is 22.0. The zero-order chi connectivity index (χ0) is 62.6. The second-order valence-corrected chi connectivity index (χ2v) is 26.2. The van der Waals surface area contributed by atoms with Crippen LogP contribution in [-0.4, -0.2) is 6.71 Å². The molecule has 94 heavy (non-hydrogen) atoms. The summed E-state index contributed by atoms with van der Waals surface area (Å²) >= 11 is 0. The largest absolute Gasteiger partial charge is 0.455 e. The smallest absolute Gasteiger partial charge is 0.252 e. The van der Waals surface area contributed by atoms with Crippen molar-refractivity contribution in [2.75, 3.05) is 9.80 Å². The molecule has 0 saturated heterocycles. The van der Waals surface area contributed by atoms with Gasteiger partial charge in [0.1, 0.15) is 11.2 Å². The first kappa shape index (κ1) is 55.2. The van der Waals surface area contributed by atoms with Gasteiger partial charge >= 0.3 is 0 Å². The number of furan rings is 1. The summed E-state index contributed by atoms with van der Waals surface area (Å²) in [5, 5.41) is 6.93. The number of nitrogens with zero attached hydrogens (tertiary/aromatic N) is 2. The van der Waals surface area contributed by atoms with E-state index in [1.807, 2.05) is 0 Å². The predicted octanol–water partition coefficient (Wildman–Crippen LogP) is 22.9. The molecule has 3 nitrogen and oxygen atoms in total. The molecule has 0 atom stereocenters. The average Bonchev–Trinajstić information content (AvgIpc) is 0.792. The molecule has 1 aromatic heterocycles. The Hall–Kier alpha value is -11.7. The van der Waals surface area contributed by atoms with Gasteiger partial charge in [0.2, 0.25) is 0 Å². The van der Waals surface area contributed by atoms with Crippen LogP contribution in [0.25, 0.3) is 121 Å². The van der Waals surface area contributed by atoms with Gasteiger partial charge in [-0.25, -0.2) is 0 Å². The van der Waals surface area contributed by atoms with E-state index in [0.29, 0.717) is 0 Å². The summed E-state index contributed by atoms with van der Waals surface area (Å²) in [7, 11) is 0. The normalized spacial score (nSPS) is 12.6. The van der Waals surface area contributed by atoms with Crippen LogP contribution in [0.3, 0.4) is 0 Å². The van der Waals surface area contributed by atoms with Crippen LogP contribution < -0.4 is 26.2 Å². The molecule has 0 amide bonds. The van der Waals surface area contributed by atoms with E-state index in [4.69, 9.17) is 4.42 Å². The molecule has 0 saturated carbocycles. The quantitative estimate of drug-likeness (QED) is 0.106. The van der Waals surface area contributed by atoms with E-state index >= 15 is 0 Å². The van der Waals surface area contributed by atoms with Gasteiger partial charge in [-0.1, -0.05) is 318 Å². The van der Waals surface area contributed by atoms with Crippen molar-refractivity contribution >= 4 is 101 Å². The number of rotatable bonds is 9. The van der Waals surface area contributed by atoms with Crippen molar-refractivity contribution in [2.45, 2.75) is 26.2 Å². The lowest BCUT2D eigenvalue weighted by Crippen LogP contribution is -2.61. The summed E-state index contributed by atoms with van der Waals surface area (Å²) in [5.41, 5.74) is 29.5. The third-order valence-electron chi connectivity index (χ3n) is 19.8. The zero-order valence-corrected chi connectivity index (χ0v) is 52.6. The lowest BCUT2D eigenvalue weighted by Gasteiger charge is -2.46. The first-order chi connectivity index (χ1) is 46.3. The van der Waals surface area contributed by atoms with Gasteiger partial charge < -0.3 is 14.2 Å². The highest BCUT2D eigenvalue weighted by Crippen LogP contribution is 2.55. The molecular formula is C90H63BN2O. The van der Waals surface area contributed by atoms with Crippen molar-refractivity contribution in [3.05, 3.63) is 333 Å². The maximum absolute atomic E-state index is 6.87. The van der Waals surface area contributed by atoms with E-state index < -0.39 is 0 Å². The predicted molar refractivity (Wildman–Crippen MR) is 400 cm³/mol. The minimum absolute atomic E-state index is 0.206. The van der Waals surface area contributed by atoms with Crippen LogP contribution in [0, 0.1) is 0 Å². The zero-order valence-electron chi connectivity index (χ0n) is 52.6. The SMILES string of the molecule is CC(C)(C)c1cc2c3c(c1)N(c1c(-c4ccccc4)cccc1-c1ccccc1)c1cc(-c4c5ccccc5c(-c5cccc6c5oc5ccccc56)c5ccccc45)ccc1B3c1cc(-c3ccccc3)ccc1N2c1c(-c2ccccc2)cccc1-c1ccccc1. The number of fused-ring (bicyclic) bond motifs is 9. The summed E-state index contributed by atoms with van der Waals surface area (Å²) in [4.78, 5) is 5.35. The summed E-state index contributed by atoms with van der Waals surface area (Å²) in [6.07, 6.45) is 0. The number of para-hydroxylation sites is 4. The molecule has 16 aromatic rings. The monoisotopic (exact) mass is 1200 g/mol. The summed E-state index contributed by atoms with van der Waals surface area (Å²) in [5.74, 6) is 0. The van der Waals surface area contributed by atoms with Crippen LogP contribution in [0.2, 0.25) is 0 Å². The van der Waals surface area contributed by atoms with Gasteiger partial charge in [0.05, 0.1) is 11.4 Å². The molecule has 0 bridgehead atoms. The average molecular weight is 1200 g/mol. The van der Waals surface area contributed by atoms with Gasteiger partial charge in [-0.2, -0.15) is 0 Å². The van der Waals surface area contributed by atoms with Crippen molar-refractivity contribution in [2.24, 2.45) is 0 Å². The lowest BCUT2D eigenvalue weighted by molar-refractivity contribution is 0.590. The van der Waals surface area contributed by atoms with E-state index in [-0.39, 0.29) is 12.1 Å². The molecule has 0 N–H and O–H groups in total. The van der Waals surface area contributed by atoms with Crippen molar-refractivity contribution < 1.29 is 4.42 Å². The number of hydrogen-bond acceptors (Lipinski definition) is 3. The van der Waals surface area contributed by atoms with Gasteiger partial charge in [-0.3, -0.25) is 0 Å². The second-order valence-electron chi connectivity index (χ2n) is 26.2. The third-order valence-corrected chi connectivity index (χ3v) is 19.8. The molecule has 4 heteroatoms. The van der Waals surface area contributed by atoms with Gasteiger partial charge in [0, 0.05) is 66.9 Å². The van der Waals surface area contributed by atoms with Crippen molar-refractivity contribution in [1.82, 2.24) is 0 Å². The Bertz CT molecular complexity index is 5480. The first-order valence-corrected chi connectivity index (χ1v) is 32.8. The Morgan fingerprint density at radius 1 is 0.277 bits per heavy atom. The van der Waals surface area contributed by atoms with E-state index in [1.54, 1.807) is 0 Å². The van der Waals surface area contributed by atoms with Crippen LogP contribution in [-0.2, 0) is 5.41 Å². The fourth-order valence-corrected chi connectivity index (χ4v) is 15.5. The van der Waals surface area contributed by atoms with Gasteiger partial charge in [-0.15, -0.1) is 0 Å². The lowest BCUT2D eigenvalue weighted by atomic mass is 9.33. The summed E-state index contributed by atoms with van der Waals surface area (Å²) < 4.78 is 6.87. The van der Waals surface area contributed by atoms with E-state index in [0.717, 1.165) is 112 Å². The van der Waals surface area contributed by atoms with Crippen molar-refractivity contribution in [3.8, 4) is 77.9 Å². The highest BCUT2D eigenvalue weighted by Gasteiger charge is 2.46. The molecule has 0 radical (unpaired) electrons. The molecule has 0 fully saturated rings. The fourth-order valence-electron chi connectivity index (χ4n) is 15.5. The van der Waals surface area contributed by atoms with Crippen LogP contribution in [0.4, 0.5) is 34.1 Å². The molecule has 2 aliphatic rings. The standard InChI is InChI=1S/C90H63BN2O/c1-90(2,3)65-56-81-86-82(57-65)93(88-68(61-34-15-7-16-35-61)45-26-46-69(88)62-36-17-8-18-37-62)80-55-64(84-71-39-19-21-41-73(71)85(74-42-22-20-40-72(74)84)76-48-27-47-75-70-38-23-24-49-83(70)94-89(75)76)50-52-77(80)91(86)78-54-63(58-28-9-4-10-29-58)51-53-79(78)92(81)87-66(59-30-11-5-12-31-59)43-25-44-67(87)60-32-13-6-14-33-60/h4-57H,1-3H3. The maximum atomic E-state index is 6.87. The van der Waals surface area contributed by atoms with Gasteiger partial charge in [0.25, 0.3) is 6.71 Å². The molecule has 15 aromatic carbocycles. The molecular weight excluding hydrogens is 1140 g/mol. The topological polar surface area (TPSA) is 19.6 Å². The highest BCUT2D eigenvalue weighted by molar-refractivity contribution is 7.00. The molecule has 3 heterocycles. The fraction of sp³-hybridized carbons (Fsp3) is 0.0444. The minimum atomic E-state index is -0.285. The summed E-state index contributed by atoms with van der Waals surface area (Å²) in [6, 6.07) is 122. The molecule has 2 aliphatic heterocycles. The van der Waals surface area contributed by atoms with Crippen LogP contribution in [0.15, 0.2) is 332 Å². The molecule has 0 spiro atoms. The molecule has 442 valence electrons. The Balaban J connectivity index is 0.988. The Labute approximate surface area is 548 Å². The summed E-state index contributed by atoms with van der Waals surface area (Å²) in [6.45, 7) is 6.92. The molecule has 0 aliphatic carbocycles. The highest BCUT2D eigenvalue weighted by atomic mass is 16.3. The number of benzene rings is 15. The van der Waals surface area contributed by atoms with Gasteiger partial charge in [0.15, 0.2) is 0 Å². The Morgan fingerprint density at radius 3 is 1.18 bits per heavy atom. The first-order valence-electron chi connectivity index (χ1n) is 32.8. The van der Waals surface area contributed by atoms with E-state index in [9.17, 15) is 0 Å².